The van der Waals surface area contributed by atoms with Crippen LogP contribution in [0.1, 0.15) is 37.6 Å². The maximum atomic E-state index is 13.5. The molecular formula is C25H22N4O3. The van der Waals surface area contributed by atoms with Crippen LogP contribution in [0.15, 0.2) is 90.1 Å². The Kier molecular flexibility index (Phi) is 6.36. The summed E-state index contributed by atoms with van der Waals surface area (Å²) in [4.78, 5) is 35.9. The third-order valence-corrected chi connectivity index (χ3v) is 4.98. The number of amides is 2. The maximum absolute atomic E-state index is 13.5. The molecule has 1 N–H and O–H groups in total. The van der Waals surface area contributed by atoms with Gasteiger partial charge in [-0.2, -0.15) is 0 Å². The van der Waals surface area contributed by atoms with Crippen molar-refractivity contribution in [3.05, 3.63) is 114 Å². The number of anilines is 1. The van der Waals surface area contributed by atoms with Crippen LogP contribution >= 0.6 is 0 Å². The highest BCUT2D eigenvalue weighted by Gasteiger charge is 2.19. The van der Waals surface area contributed by atoms with E-state index in [-0.39, 0.29) is 17.6 Å². The number of hydrogen-bond donors (Lipinski definition) is 1. The van der Waals surface area contributed by atoms with E-state index in [1.807, 2.05) is 37.3 Å². The summed E-state index contributed by atoms with van der Waals surface area (Å²) in [5.74, 6) is -0.317. The zero-order valence-corrected chi connectivity index (χ0v) is 17.6. The molecular weight excluding hydrogens is 404 g/mol. The van der Waals surface area contributed by atoms with Gasteiger partial charge in [0.1, 0.15) is 0 Å². The van der Waals surface area contributed by atoms with E-state index in [4.69, 9.17) is 4.42 Å². The highest BCUT2D eigenvalue weighted by molar-refractivity contribution is 6.03. The average molecular weight is 426 g/mol. The van der Waals surface area contributed by atoms with Crippen molar-refractivity contribution in [3.63, 3.8) is 0 Å². The lowest BCUT2D eigenvalue weighted by Crippen LogP contribution is -2.30. The van der Waals surface area contributed by atoms with Crippen LogP contribution in [0.3, 0.4) is 0 Å². The van der Waals surface area contributed by atoms with Gasteiger partial charge in [-0.3, -0.25) is 19.6 Å². The summed E-state index contributed by atoms with van der Waals surface area (Å²) in [6.45, 7) is 2.69. The standard InChI is InChI=1S/C25H22N4O3/c1-18-6-7-21(14-22(18)28-24(30)23-5-3-13-32-23)25(31)29(16-19-8-11-26-12-9-19)17-20-4-2-10-27-15-20/h2-15H,16-17H2,1H3,(H,28,30). The third kappa shape index (κ3) is 5.07. The first-order chi connectivity index (χ1) is 15.6. The molecule has 0 saturated heterocycles. The molecule has 32 heavy (non-hydrogen) atoms. The smallest absolute Gasteiger partial charge is 0.291 e. The number of furan rings is 1. The number of hydrogen-bond acceptors (Lipinski definition) is 5. The van der Waals surface area contributed by atoms with Gasteiger partial charge in [-0.15, -0.1) is 0 Å². The zero-order chi connectivity index (χ0) is 22.3. The Labute approximate surface area is 185 Å². The molecule has 7 heteroatoms. The van der Waals surface area contributed by atoms with Crippen molar-refractivity contribution in [2.75, 3.05) is 5.32 Å². The number of aromatic nitrogens is 2. The van der Waals surface area contributed by atoms with Crippen molar-refractivity contribution < 1.29 is 14.0 Å². The fourth-order valence-electron chi connectivity index (χ4n) is 3.28. The molecule has 0 saturated carbocycles. The lowest BCUT2D eigenvalue weighted by Gasteiger charge is -2.23. The fraction of sp³-hybridized carbons (Fsp3) is 0.120. The Morgan fingerprint density at radius 2 is 1.75 bits per heavy atom. The summed E-state index contributed by atoms with van der Waals surface area (Å²) in [7, 11) is 0. The van der Waals surface area contributed by atoms with Gasteiger partial charge in [0.05, 0.1) is 6.26 Å². The molecule has 0 fully saturated rings. The molecule has 7 nitrogen and oxygen atoms in total. The molecule has 4 rings (SSSR count). The molecule has 2 amide bonds. The van der Waals surface area contributed by atoms with E-state index in [9.17, 15) is 9.59 Å². The summed E-state index contributed by atoms with van der Waals surface area (Å²) in [5, 5.41) is 2.82. The second kappa shape index (κ2) is 9.70. The van der Waals surface area contributed by atoms with Crippen molar-refractivity contribution in [1.29, 1.82) is 0 Å². The minimum atomic E-state index is -0.369. The lowest BCUT2D eigenvalue weighted by molar-refractivity contribution is 0.0729. The van der Waals surface area contributed by atoms with E-state index >= 15 is 0 Å². The first-order valence-corrected chi connectivity index (χ1v) is 10.1. The van der Waals surface area contributed by atoms with Gasteiger partial charge >= 0.3 is 0 Å². The molecule has 160 valence electrons. The topological polar surface area (TPSA) is 88.3 Å². The Bertz CT molecular complexity index is 1150. The Hall–Kier alpha value is -4.26. The lowest BCUT2D eigenvalue weighted by atomic mass is 10.1. The van der Waals surface area contributed by atoms with Gasteiger partial charge in [-0.25, -0.2) is 0 Å². The molecule has 0 aliphatic carbocycles. The molecule has 0 spiro atoms. The van der Waals surface area contributed by atoms with E-state index in [2.05, 4.69) is 15.3 Å². The van der Waals surface area contributed by atoms with Crippen LogP contribution in [0.5, 0.6) is 0 Å². The average Bonchev–Trinajstić information content (AvgIpc) is 3.36. The van der Waals surface area contributed by atoms with Gasteiger partial charge in [0, 0.05) is 49.1 Å². The summed E-state index contributed by atoms with van der Waals surface area (Å²) in [5.41, 5.74) is 3.77. The van der Waals surface area contributed by atoms with E-state index in [0.29, 0.717) is 24.3 Å². The van der Waals surface area contributed by atoms with E-state index in [1.165, 1.54) is 6.26 Å². The van der Waals surface area contributed by atoms with Crippen molar-refractivity contribution in [2.24, 2.45) is 0 Å². The molecule has 0 unspecified atom stereocenters. The van der Waals surface area contributed by atoms with Gasteiger partial charge in [0.25, 0.3) is 11.8 Å². The quantitative estimate of drug-likeness (QED) is 0.471. The minimum Gasteiger partial charge on any atom is -0.459 e. The largest absolute Gasteiger partial charge is 0.459 e. The van der Waals surface area contributed by atoms with Crippen molar-refractivity contribution >= 4 is 17.5 Å². The van der Waals surface area contributed by atoms with Crippen LogP contribution in [0.2, 0.25) is 0 Å². The second-order valence-electron chi connectivity index (χ2n) is 7.34. The van der Waals surface area contributed by atoms with Crippen LogP contribution in [0.4, 0.5) is 5.69 Å². The predicted molar refractivity (Wildman–Crippen MR) is 120 cm³/mol. The van der Waals surface area contributed by atoms with Crippen molar-refractivity contribution in [3.8, 4) is 0 Å². The Balaban J connectivity index is 1.60. The van der Waals surface area contributed by atoms with Crippen molar-refractivity contribution in [1.82, 2.24) is 14.9 Å². The first kappa shape index (κ1) is 21.0. The number of benzene rings is 1. The number of carbonyl (C=O) groups is 2. The van der Waals surface area contributed by atoms with E-state index in [0.717, 1.165) is 16.7 Å². The summed E-state index contributed by atoms with van der Waals surface area (Å²) in [6, 6.07) is 16.1. The highest BCUT2D eigenvalue weighted by atomic mass is 16.3. The Morgan fingerprint density at radius 1 is 0.938 bits per heavy atom. The van der Waals surface area contributed by atoms with Gasteiger partial charge in [-0.05, 0) is 66.1 Å². The van der Waals surface area contributed by atoms with Crippen LogP contribution in [0, 0.1) is 6.92 Å². The second-order valence-corrected chi connectivity index (χ2v) is 7.34. The number of nitrogens with one attached hydrogen (secondary N) is 1. The summed E-state index contributed by atoms with van der Waals surface area (Å²) < 4.78 is 5.16. The number of pyridine rings is 2. The highest BCUT2D eigenvalue weighted by Crippen LogP contribution is 2.21. The van der Waals surface area contributed by atoms with Crippen molar-refractivity contribution in [2.45, 2.75) is 20.0 Å². The van der Waals surface area contributed by atoms with Gasteiger partial charge in [-0.1, -0.05) is 12.1 Å². The zero-order valence-electron chi connectivity index (χ0n) is 17.6. The molecule has 0 radical (unpaired) electrons. The molecule has 1 aromatic carbocycles. The molecule has 0 aliphatic rings. The van der Waals surface area contributed by atoms with Gasteiger partial charge < -0.3 is 14.6 Å². The van der Waals surface area contributed by atoms with Gasteiger partial charge in [0.2, 0.25) is 0 Å². The van der Waals surface area contributed by atoms with Crippen LogP contribution in [-0.4, -0.2) is 26.7 Å². The van der Waals surface area contributed by atoms with E-state index < -0.39 is 0 Å². The molecule has 3 heterocycles. The first-order valence-electron chi connectivity index (χ1n) is 10.1. The van der Waals surface area contributed by atoms with Crippen LogP contribution in [-0.2, 0) is 13.1 Å². The number of nitrogens with zero attached hydrogens (tertiary/aromatic N) is 3. The monoisotopic (exact) mass is 426 g/mol. The van der Waals surface area contributed by atoms with Gasteiger partial charge in [0.15, 0.2) is 5.76 Å². The normalized spacial score (nSPS) is 10.5. The molecule has 0 bridgehead atoms. The Morgan fingerprint density at radius 3 is 2.47 bits per heavy atom. The van der Waals surface area contributed by atoms with Crippen LogP contribution < -0.4 is 5.32 Å². The molecule has 3 aromatic heterocycles. The predicted octanol–water partition coefficient (Wildman–Crippen LogP) is 4.47. The van der Waals surface area contributed by atoms with E-state index in [1.54, 1.807) is 54.0 Å². The summed E-state index contributed by atoms with van der Waals surface area (Å²) in [6.07, 6.45) is 8.30. The third-order valence-electron chi connectivity index (χ3n) is 4.98. The number of aryl methyl sites for hydroxylation is 1. The molecule has 0 atom stereocenters. The molecule has 4 aromatic rings. The number of rotatable bonds is 7. The summed E-state index contributed by atoms with van der Waals surface area (Å²) >= 11 is 0. The maximum Gasteiger partial charge on any atom is 0.291 e. The minimum absolute atomic E-state index is 0.154. The fourth-order valence-corrected chi connectivity index (χ4v) is 3.28. The molecule has 0 aliphatic heterocycles. The number of carbonyl (C=O) groups excluding carboxylic acids is 2. The van der Waals surface area contributed by atoms with Crippen LogP contribution in [0.25, 0.3) is 0 Å². The SMILES string of the molecule is Cc1ccc(C(=O)N(Cc2ccncc2)Cc2cccnc2)cc1NC(=O)c1ccco1.